The molecule has 0 spiro atoms. The van der Waals surface area contributed by atoms with E-state index < -0.39 is 11.8 Å². The Morgan fingerprint density at radius 1 is 0.553 bits per heavy atom. The number of benzene rings is 4. The van der Waals surface area contributed by atoms with Crippen molar-refractivity contribution in [1.29, 1.82) is 0 Å². The van der Waals surface area contributed by atoms with Crippen LogP contribution in [0.1, 0.15) is 23.0 Å². The average Bonchev–Trinajstić information content (AvgIpc) is 3.24. The van der Waals surface area contributed by atoms with Crippen LogP contribution in [-0.2, 0) is 9.59 Å². The normalized spacial score (nSPS) is 22.3. The monoisotopic (exact) mass is 501 g/mol. The van der Waals surface area contributed by atoms with Crippen LogP contribution in [0.3, 0.4) is 0 Å². The van der Waals surface area contributed by atoms with Gasteiger partial charge in [0.05, 0.1) is 24.6 Å². The molecule has 5 nitrogen and oxygen atoms in total. The third kappa shape index (κ3) is 4.26. The van der Waals surface area contributed by atoms with Gasteiger partial charge in [-0.15, -0.1) is 0 Å². The lowest BCUT2D eigenvalue weighted by molar-refractivity contribution is -0.122. The molecule has 4 aromatic rings. The molecular formula is C33H27NO4. The number of carbonyl (C=O) groups is 2. The van der Waals surface area contributed by atoms with Gasteiger partial charge in [0.1, 0.15) is 17.2 Å². The number of methoxy groups -OCH3 is 1. The first-order valence-electron chi connectivity index (χ1n) is 12.7. The first-order chi connectivity index (χ1) is 18.6. The number of fused-ring (bicyclic) bond motifs is 1. The van der Waals surface area contributed by atoms with Gasteiger partial charge in [0.15, 0.2) is 0 Å². The summed E-state index contributed by atoms with van der Waals surface area (Å²) >= 11 is 0. The molecule has 0 N–H and O–H groups in total. The Hall–Kier alpha value is -4.64. The molecule has 0 bridgehead atoms. The van der Waals surface area contributed by atoms with E-state index in [2.05, 4.69) is 12.2 Å². The summed E-state index contributed by atoms with van der Waals surface area (Å²) in [5.41, 5.74) is 2.63. The Balaban J connectivity index is 1.32. The summed E-state index contributed by atoms with van der Waals surface area (Å²) in [6.07, 6.45) is 4.21. The van der Waals surface area contributed by atoms with Crippen molar-refractivity contribution in [3.63, 3.8) is 0 Å². The molecule has 4 atom stereocenters. The van der Waals surface area contributed by atoms with E-state index in [9.17, 15) is 9.59 Å². The number of rotatable bonds is 6. The molecule has 1 aliphatic carbocycles. The summed E-state index contributed by atoms with van der Waals surface area (Å²) < 4.78 is 11.1. The Bertz CT molecular complexity index is 1400. The number of carbonyl (C=O) groups excluding carboxylic acids is 2. The molecule has 0 aromatic heterocycles. The third-order valence-corrected chi connectivity index (χ3v) is 7.46. The number of imide groups is 1. The van der Waals surface area contributed by atoms with Gasteiger partial charge in [0.2, 0.25) is 11.8 Å². The van der Waals surface area contributed by atoms with Crippen molar-refractivity contribution in [3.05, 3.63) is 132 Å². The van der Waals surface area contributed by atoms with Crippen molar-refractivity contribution in [2.24, 2.45) is 11.8 Å². The van der Waals surface area contributed by atoms with E-state index >= 15 is 0 Å². The molecule has 0 unspecified atom stereocenters. The van der Waals surface area contributed by atoms with Crippen LogP contribution in [-0.4, -0.2) is 18.9 Å². The number of ether oxygens (including phenoxy) is 2. The fourth-order valence-corrected chi connectivity index (χ4v) is 5.63. The molecule has 4 aromatic carbocycles. The lowest BCUT2D eigenvalue weighted by Crippen LogP contribution is -2.31. The summed E-state index contributed by atoms with van der Waals surface area (Å²) in [4.78, 5) is 29.3. The lowest BCUT2D eigenvalue weighted by Gasteiger charge is -2.32. The molecule has 188 valence electrons. The van der Waals surface area contributed by atoms with Crippen LogP contribution in [0.4, 0.5) is 5.69 Å². The van der Waals surface area contributed by atoms with Gasteiger partial charge in [0.25, 0.3) is 0 Å². The van der Waals surface area contributed by atoms with Crippen LogP contribution in [0.25, 0.3) is 0 Å². The lowest BCUT2D eigenvalue weighted by atomic mass is 9.68. The molecule has 5 heteroatoms. The van der Waals surface area contributed by atoms with Crippen molar-refractivity contribution in [2.45, 2.75) is 11.8 Å². The maximum Gasteiger partial charge on any atom is 0.238 e. The summed E-state index contributed by atoms with van der Waals surface area (Å²) in [6, 6.07) is 34.3. The largest absolute Gasteiger partial charge is 0.497 e. The summed E-state index contributed by atoms with van der Waals surface area (Å²) in [5.74, 6) is 0.413. The zero-order chi connectivity index (χ0) is 26.1. The van der Waals surface area contributed by atoms with Crippen molar-refractivity contribution in [2.75, 3.05) is 12.0 Å². The van der Waals surface area contributed by atoms with Crippen molar-refractivity contribution >= 4 is 17.5 Å². The first-order valence-corrected chi connectivity index (χ1v) is 12.7. The fraction of sp³-hybridized carbons (Fsp3) is 0.152. The predicted molar refractivity (Wildman–Crippen MR) is 146 cm³/mol. The van der Waals surface area contributed by atoms with Gasteiger partial charge in [0, 0.05) is 11.8 Å². The quantitative estimate of drug-likeness (QED) is 0.217. The summed E-state index contributed by atoms with van der Waals surface area (Å²) in [7, 11) is 1.62. The summed E-state index contributed by atoms with van der Waals surface area (Å²) in [6.45, 7) is 0. The highest BCUT2D eigenvalue weighted by Crippen LogP contribution is 2.50. The van der Waals surface area contributed by atoms with E-state index in [0.717, 1.165) is 16.9 Å². The Kier molecular flexibility index (Phi) is 6.26. The maximum atomic E-state index is 14.0. The first kappa shape index (κ1) is 23.7. The fourth-order valence-electron chi connectivity index (χ4n) is 5.63. The van der Waals surface area contributed by atoms with Gasteiger partial charge in [-0.25, -0.2) is 4.90 Å². The third-order valence-electron chi connectivity index (χ3n) is 7.46. The second-order valence-electron chi connectivity index (χ2n) is 9.59. The Morgan fingerprint density at radius 2 is 0.974 bits per heavy atom. The zero-order valence-electron chi connectivity index (χ0n) is 20.9. The number of hydrogen-bond donors (Lipinski definition) is 0. The van der Waals surface area contributed by atoms with E-state index in [1.807, 2.05) is 84.9 Å². The molecule has 0 saturated carbocycles. The van der Waals surface area contributed by atoms with Gasteiger partial charge in [-0.05, 0) is 59.7 Å². The SMILES string of the molecule is COc1ccc(Oc2ccc(N3C(=O)[C@H]4[C@H](C3=O)[C@H](c3ccccc3)C=C[C@H]4c3ccccc3)cc2)cc1. The number of amides is 2. The number of hydrogen-bond acceptors (Lipinski definition) is 4. The highest BCUT2D eigenvalue weighted by Gasteiger charge is 2.55. The van der Waals surface area contributed by atoms with E-state index in [1.165, 1.54) is 4.90 Å². The number of nitrogens with zero attached hydrogens (tertiary/aromatic N) is 1. The molecule has 0 radical (unpaired) electrons. The molecular weight excluding hydrogens is 474 g/mol. The number of anilines is 1. The molecule has 1 saturated heterocycles. The topological polar surface area (TPSA) is 55.8 Å². The highest BCUT2D eigenvalue weighted by atomic mass is 16.5. The van der Waals surface area contributed by atoms with Crippen LogP contribution in [0.5, 0.6) is 17.2 Å². The molecule has 1 heterocycles. The van der Waals surface area contributed by atoms with E-state index in [-0.39, 0.29) is 23.7 Å². The molecule has 1 aliphatic heterocycles. The van der Waals surface area contributed by atoms with E-state index in [4.69, 9.17) is 9.47 Å². The maximum absolute atomic E-state index is 14.0. The van der Waals surface area contributed by atoms with Gasteiger partial charge < -0.3 is 9.47 Å². The Labute approximate surface area is 221 Å². The van der Waals surface area contributed by atoms with Crippen LogP contribution in [0.15, 0.2) is 121 Å². The minimum atomic E-state index is -0.477. The zero-order valence-corrected chi connectivity index (χ0v) is 20.9. The highest BCUT2D eigenvalue weighted by molar-refractivity contribution is 6.23. The average molecular weight is 502 g/mol. The second kappa shape index (κ2) is 10.0. The van der Waals surface area contributed by atoms with Crippen molar-refractivity contribution in [1.82, 2.24) is 0 Å². The van der Waals surface area contributed by atoms with E-state index in [1.54, 1.807) is 31.4 Å². The molecule has 2 amide bonds. The number of allylic oxidation sites excluding steroid dienone is 2. The van der Waals surface area contributed by atoms with Gasteiger partial charge in [-0.1, -0.05) is 72.8 Å². The van der Waals surface area contributed by atoms with Crippen LogP contribution in [0, 0.1) is 11.8 Å². The minimum absolute atomic E-state index is 0.164. The van der Waals surface area contributed by atoms with Crippen LogP contribution < -0.4 is 14.4 Å². The van der Waals surface area contributed by atoms with Gasteiger partial charge >= 0.3 is 0 Å². The van der Waals surface area contributed by atoms with Crippen LogP contribution >= 0.6 is 0 Å². The molecule has 1 fully saturated rings. The second-order valence-corrected chi connectivity index (χ2v) is 9.59. The van der Waals surface area contributed by atoms with Crippen molar-refractivity contribution < 1.29 is 19.1 Å². The van der Waals surface area contributed by atoms with Gasteiger partial charge in [-0.2, -0.15) is 0 Å². The van der Waals surface area contributed by atoms with Gasteiger partial charge in [-0.3, -0.25) is 9.59 Å². The molecule has 6 rings (SSSR count). The minimum Gasteiger partial charge on any atom is -0.497 e. The van der Waals surface area contributed by atoms with Crippen LogP contribution in [0.2, 0.25) is 0 Å². The molecule has 38 heavy (non-hydrogen) atoms. The predicted octanol–water partition coefficient (Wildman–Crippen LogP) is 6.73. The smallest absolute Gasteiger partial charge is 0.238 e. The Morgan fingerprint density at radius 3 is 1.42 bits per heavy atom. The standard InChI is InChI=1S/C33H27NO4/c1-37-25-16-18-27(19-17-25)38-26-14-12-24(13-15-26)34-32(35)30-28(22-8-4-2-5-9-22)20-21-29(31(30)33(34)36)23-10-6-3-7-11-23/h2-21,28-31H,1H3/t28-,29-,30+,31+/m0/s1. The summed E-state index contributed by atoms with van der Waals surface area (Å²) in [5, 5.41) is 0. The van der Waals surface area contributed by atoms with Crippen molar-refractivity contribution in [3.8, 4) is 17.2 Å². The molecule has 2 aliphatic rings. The van der Waals surface area contributed by atoms with E-state index in [0.29, 0.717) is 17.2 Å².